The highest BCUT2D eigenvalue weighted by Crippen LogP contribution is 2.09. The Bertz CT molecular complexity index is 567. The van der Waals surface area contributed by atoms with Gasteiger partial charge >= 0.3 is 0 Å². The molecule has 2 heterocycles. The summed E-state index contributed by atoms with van der Waals surface area (Å²) in [7, 11) is 2.06. The molecule has 2 rings (SSSR count). The lowest BCUT2D eigenvalue weighted by Crippen LogP contribution is -2.40. The lowest BCUT2D eigenvalue weighted by atomic mass is 10.3. The lowest BCUT2D eigenvalue weighted by Gasteiger charge is -2.21. The molecule has 2 aromatic rings. The monoisotopic (exact) mass is 445 g/mol. The molecule has 0 fully saturated rings. The second-order valence-corrected chi connectivity index (χ2v) is 5.99. The van der Waals surface area contributed by atoms with Crippen LogP contribution in [-0.4, -0.2) is 37.5 Å². The zero-order chi connectivity index (χ0) is 15.6. The van der Waals surface area contributed by atoms with E-state index < -0.39 is 0 Å². The molecular weight excluding hydrogens is 421 g/mol. The average molecular weight is 445 g/mol. The number of guanidine groups is 1. The minimum absolute atomic E-state index is 0. The van der Waals surface area contributed by atoms with Crippen LogP contribution in [0.15, 0.2) is 58.0 Å². The molecule has 0 saturated carbocycles. The highest BCUT2D eigenvalue weighted by atomic mass is 127. The third-order valence-electron chi connectivity index (χ3n) is 3.24. The normalized spacial score (nSPS) is 10.9. The van der Waals surface area contributed by atoms with Crippen LogP contribution < -0.4 is 5.32 Å². The summed E-state index contributed by atoms with van der Waals surface area (Å²) in [6.45, 7) is 6.10. The van der Waals surface area contributed by atoms with Gasteiger partial charge in [0, 0.05) is 38.0 Å². The highest BCUT2D eigenvalue weighted by Gasteiger charge is 2.06. The van der Waals surface area contributed by atoms with Gasteiger partial charge in [-0.3, -0.25) is 4.99 Å². The van der Waals surface area contributed by atoms with Crippen LogP contribution in [0.1, 0.15) is 10.6 Å². The number of halogens is 1. The molecule has 0 radical (unpaired) electrons. The van der Waals surface area contributed by atoms with Gasteiger partial charge in [-0.05, 0) is 30.0 Å². The molecule has 0 aliphatic heterocycles. The van der Waals surface area contributed by atoms with E-state index in [1.807, 2.05) is 18.2 Å². The number of furan rings is 1. The quantitative estimate of drug-likeness (QED) is 0.291. The molecule has 2 aromatic heterocycles. The Morgan fingerprint density at radius 3 is 2.91 bits per heavy atom. The van der Waals surface area contributed by atoms with Gasteiger partial charge < -0.3 is 14.6 Å². The number of rotatable bonds is 8. The van der Waals surface area contributed by atoms with E-state index in [4.69, 9.17) is 4.42 Å². The number of hydrogen-bond donors (Lipinski definition) is 1. The van der Waals surface area contributed by atoms with Crippen LogP contribution in [0.5, 0.6) is 0 Å². The average Bonchev–Trinajstić information content (AvgIpc) is 3.21. The summed E-state index contributed by atoms with van der Waals surface area (Å²) in [5.41, 5.74) is 0. The van der Waals surface area contributed by atoms with Crippen molar-refractivity contribution in [3.05, 3.63) is 59.2 Å². The Morgan fingerprint density at radius 2 is 2.26 bits per heavy atom. The van der Waals surface area contributed by atoms with Gasteiger partial charge in [0.25, 0.3) is 0 Å². The number of aliphatic imine (C=N–C) groups is 1. The standard InChI is InChI=1S/C17H23N3OS.HI/c1-3-10-18-17(19-11-8-15-6-4-13-21-15)20(2)12-9-16-7-5-14-22-16;/h3-7,13-14H,1,8-12H2,2H3,(H,18,19);1H. The van der Waals surface area contributed by atoms with Crippen molar-refractivity contribution < 1.29 is 4.42 Å². The topological polar surface area (TPSA) is 40.8 Å². The Hall–Kier alpha value is -1.28. The fourth-order valence-electron chi connectivity index (χ4n) is 2.04. The van der Waals surface area contributed by atoms with E-state index in [0.717, 1.165) is 31.1 Å². The van der Waals surface area contributed by atoms with Gasteiger partial charge in [-0.1, -0.05) is 12.1 Å². The van der Waals surface area contributed by atoms with Crippen LogP contribution in [0.3, 0.4) is 0 Å². The first-order valence-corrected chi connectivity index (χ1v) is 8.32. The minimum Gasteiger partial charge on any atom is -0.469 e. The third kappa shape index (κ3) is 7.22. The zero-order valence-electron chi connectivity index (χ0n) is 13.4. The second-order valence-electron chi connectivity index (χ2n) is 4.96. The summed E-state index contributed by atoms with van der Waals surface area (Å²) in [5, 5.41) is 5.42. The van der Waals surface area contributed by atoms with Crippen LogP contribution in [0, 0.1) is 0 Å². The Labute approximate surface area is 159 Å². The lowest BCUT2D eigenvalue weighted by molar-refractivity contribution is 0.484. The molecule has 0 aliphatic rings. The van der Waals surface area contributed by atoms with Crippen molar-refractivity contribution in [2.24, 2.45) is 4.99 Å². The molecule has 1 N–H and O–H groups in total. The molecule has 0 spiro atoms. The maximum Gasteiger partial charge on any atom is 0.193 e. The molecule has 6 heteroatoms. The van der Waals surface area contributed by atoms with Crippen molar-refractivity contribution in [2.45, 2.75) is 12.8 Å². The van der Waals surface area contributed by atoms with Crippen LogP contribution in [-0.2, 0) is 12.8 Å². The molecule has 126 valence electrons. The summed E-state index contributed by atoms with van der Waals surface area (Å²) in [4.78, 5) is 8.22. The maximum atomic E-state index is 5.34. The molecule has 0 bridgehead atoms. The smallest absolute Gasteiger partial charge is 0.193 e. The van der Waals surface area contributed by atoms with Crippen LogP contribution in [0.25, 0.3) is 0 Å². The molecule has 0 saturated heterocycles. The molecule has 0 atom stereocenters. The predicted molar refractivity (Wildman–Crippen MR) is 109 cm³/mol. The molecule has 0 aromatic carbocycles. The molecule has 0 aliphatic carbocycles. The predicted octanol–water partition coefficient (Wildman–Crippen LogP) is 3.81. The number of thiophene rings is 1. The first kappa shape index (κ1) is 19.8. The Kier molecular flexibility index (Phi) is 9.70. The van der Waals surface area contributed by atoms with Gasteiger partial charge in [-0.25, -0.2) is 0 Å². The fourth-order valence-corrected chi connectivity index (χ4v) is 2.74. The fraction of sp³-hybridized carbons (Fsp3) is 0.353. The van der Waals surface area contributed by atoms with Crippen molar-refractivity contribution in [3.8, 4) is 0 Å². The maximum absolute atomic E-state index is 5.34. The minimum atomic E-state index is 0. The number of likely N-dealkylation sites (N-methyl/N-ethyl adjacent to an activating group) is 1. The van der Waals surface area contributed by atoms with E-state index >= 15 is 0 Å². The van der Waals surface area contributed by atoms with Gasteiger partial charge in [0.05, 0.1) is 6.26 Å². The van der Waals surface area contributed by atoms with E-state index in [1.54, 1.807) is 17.6 Å². The van der Waals surface area contributed by atoms with Crippen LogP contribution in [0.2, 0.25) is 0 Å². The van der Waals surface area contributed by atoms with E-state index in [-0.39, 0.29) is 24.0 Å². The Balaban J connectivity index is 0.00000264. The zero-order valence-corrected chi connectivity index (χ0v) is 16.6. The number of nitrogens with zero attached hydrogens (tertiary/aromatic N) is 2. The summed E-state index contributed by atoms with van der Waals surface area (Å²) >= 11 is 1.80. The van der Waals surface area contributed by atoms with Gasteiger partial charge in [-0.15, -0.1) is 41.9 Å². The van der Waals surface area contributed by atoms with Crippen LogP contribution >= 0.6 is 35.3 Å². The Morgan fingerprint density at radius 1 is 1.39 bits per heavy atom. The van der Waals surface area contributed by atoms with Crippen LogP contribution in [0.4, 0.5) is 0 Å². The summed E-state index contributed by atoms with van der Waals surface area (Å²) in [6, 6.07) is 8.15. The van der Waals surface area contributed by atoms with E-state index in [0.29, 0.717) is 13.1 Å². The molecule has 23 heavy (non-hydrogen) atoms. The van der Waals surface area contributed by atoms with Crippen molar-refractivity contribution in [1.29, 1.82) is 0 Å². The molecule has 0 unspecified atom stereocenters. The second kappa shape index (κ2) is 11.3. The van der Waals surface area contributed by atoms with Crippen molar-refractivity contribution in [2.75, 3.05) is 26.7 Å². The number of hydrogen-bond acceptors (Lipinski definition) is 3. The van der Waals surface area contributed by atoms with Gasteiger partial charge in [0.2, 0.25) is 0 Å². The summed E-state index contributed by atoms with van der Waals surface area (Å²) < 4.78 is 5.34. The van der Waals surface area contributed by atoms with E-state index in [2.05, 4.69) is 46.3 Å². The van der Waals surface area contributed by atoms with E-state index in [1.165, 1.54) is 4.88 Å². The molecule has 0 amide bonds. The third-order valence-corrected chi connectivity index (χ3v) is 4.18. The van der Waals surface area contributed by atoms with Gasteiger partial charge in [0.1, 0.15) is 5.76 Å². The van der Waals surface area contributed by atoms with E-state index in [9.17, 15) is 0 Å². The summed E-state index contributed by atoms with van der Waals surface area (Å²) in [5.74, 6) is 1.87. The van der Waals surface area contributed by atoms with Gasteiger partial charge in [0.15, 0.2) is 5.96 Å². The van der Waals surface area contributed by atoms with Gasteiger partial charge in [-0.2, -0.15) is 0 Å². The van der Waals surface area contributed by atoms with Crippen molar-refractivity contribution in [3.63, 3.8) is 0 Å². The van der Waals surface area contributed by atoms with Crippen molar-refractivity contribution >= 4 is 41.3 Å². The highest BCUT2D eigenvalue weighted by molar-refractivity contribution is 14.0. The van der Waals surface area contributed by atoms with Crippen molar-refractivity contribution in [1.82, 2.24) is 10.2 Å². The molecular formula is C17H24IN3OS. The molecule has 4 nitrogen and oxygen atoms in total. The first-order valence-electron chi connectivity index (χ1n) is 7.44. The first-order chi connectivity index (χ1) is 10.8. The summed E-state index contributed by atoms with van der Waals surface area (Å²) in [6.07, 6.45) is 5.38. The number of nitrogens with one attached hydrogen (secondary N) is 1. The largest absolute Gasteiger partial charge is 0.469 e. The SMILES string of the molecule is C=CCNC(=NCCc1ccco1)N(C)CCc1cccs1.I.